The molecule has 29 heavy (non-hydrogen) atoms. The molecule has 2 heterocycles. The van der Waals surface area contributed by atoms with Gasteiger partial charge in [-0.25, -0.2) is 0 Å². The van der Waals surface area contributed by atoms with Crippen molar-refractivity contribution in [3.8, 4) is 11.5 Å². The van der Waals surface area contributed by atoms with Gasteiger partial charge in [-0.15, -0.1) is 0 Å². The molecule has 0 saturated heterocycles. The Hall–Kier alpha value is -2.70. The van der Waals surface area contributed by atoms with Crippen LogP contribution < -0.4 is 20.1 Å². The molecule has 0 unspecified atom stereocenters. The van der Waals surface area contributed by atoms with E-state index in [4.69, 9.17) is 14.0 Å². The highest BCUT2D eigenvalue weighted by Crippen LogP contribution is 2.43. The Balaban J connectivity index is 1.45. The summed E-state index contributed by atoms with van der Waals surface area (Å²) < 4.78 is 16.8. The number of guanidine groups is 1. The molecule has 1 aromatic heterocycles. The Bertz CT molecular complexity index is 865. The third-order valence-electron chi connectivity index (χ3n) is 6.15. The molecule has 7 nitrogen and oxygen atoms in total. The van der Waals surface area contributed by atoms with E-state index in [0.717, 1.165) is 53.9 Å². The Labute approximate surface area is 171 Å². The zero-order valence-electron chi connectivity index (χ0n) is 17.5. The summed E-state index contributed by atoms with van der Waals surface area (Å²) in [5.41, 5.74) is 3.38. The summed E-state index contributed by atoms with van der Waals surface area (Å²) in [5, 5.41) is 11.0. The molecule has 156 valence electrons. The van der Waals surface area contributed by atoms with E-state index < -0.39 is 0 Å². The van der Waals surface area contributed by atoms with E-state index in [1.807, 2.05) is 13.8 Å². The summed E-state index contributed by atoms with van der Waals surface area (Å²) in [5.74, 6) is 3.33. The normalized spacial score (nSPS) is 18.0. The van der Waals surface area contributed by atoms with Crippen molar-refractivity contribution in [3.63, 3.8) is 0 Å². The fraction of sp³-hybridized carbons (Fsp3) is 0.545. The second kappa shape index (κ2) is 8.35. The molecule has 7 heteroatoms. The average molecular weight is 399 g/mol. The van der Waals surface area contributed by atoms with Gasteiger partial charge in [0.25, 0.3) is 0 Å². The third-order valence-corrected chi connectivity index (χ3v) is 6.15. The first-order valence-corrected chi connectivity index (χ1v) is 10.4. The second-order valence-corrected chi connectivity index (χ2v) is 7.93. The van der Waals surface area contributed by atoms with Gasteiger partial charge < -0.3 is 24.6 Å². The van der Waals surface area contributed by atoms with Crippen LogP contribution in [0.4, 0.5) is 0 Å². The number of hydrogen-bond donors (Lipinski definition) is 2. The standard InChI is InChI=1S/C22H30N4O3/c1-15-18(16(2)29-26-15)13-24-21(23-3)25-14-22(8-4-5-9-22)17-6-7-19-20(12-17)28-11-10-27-19/h6-7,12H,4-5,8-11,13-14H2,1-3H3,(H2,23,24,25). The number of benzene rings is 1. The van der Waals surface area contributed by atoms with Gasteiger partial charge in [0.1, 0.15) is 19.0 Å². The first kappa shape index (κ1) is 19.6. The topological polar surface area (TPSA) is 80.9 Å². The monoisotopic (exact) mass is 398 g/mol. The molecule has 0 radical (unpaired) electrons. The highest BCUT2D eigenvalue weighted by Gasteiger charge is 2.36. The van der Waals surface area contributed by atoms with E-state index in [1.165, 1.54) is 18.4 Å². The minimum absolute atomic E-state index is 0.0798. The average Bonchev–Trinajstić information content (AvgIpc) is 3.36. The molecule has 1 saturated carbocycles. The minimum atomic E-state index is 0.0798. The molecule has 0 spiro atoms. The number of aliphatic imine (C=N–C) groups is 1. The summed E-state index contributed by atoms with van der Waals surface area (Å²) in [4.78, 5) is 4.40. The number of aryl methyl sites for hydroxylation is 2. The van der Waals surface area contributed by atoms with Crippen LogP contribution in [0.3, 0.4) is 0 Å². The lowest BCUT2D eigenvalue weighted by molar-refractivity contribution is 0.171. The minimum Gasteiger partial charge on any atom is -0.486 e. The fourth-order valence-corrected chi connectivity index (χ4v) is 4.39. The van der Waals surface area contributed by atoms with E-state index in [9.17, 15) is 0 Å². The van der Waals surface area contributed by atoms with Crippen LogP contribution in [0.2, 0.25) is 0 Å². The van der Waals surface area contributed by atoms with Crippen molar-refractivity contribution in [3.05, 3.63) is 40.8 Å². The van der Waals surface area contributed by atoms with E-state index >= 15 is 0 Å². The van der Waals surface area contributed by atoms with Crippen molar-refractivity contribution in [2.75, 3.05) is 26.8 Å². The number of hydrogen-bond acceptors (Lipinski definition) is 5. The van der Waals surface area contributed by atoms with Gasteiger partial charge in [-0.3, -0.25) is 4.99 Å². The van der Waals surface area contributed by atoms with Gasteiger partial charge in [0, 0.05) is 31.1 Å². The Morgan fingerprint density at radius 2 is 1.86 bits per heavy atom. The molecule has 1 aromatic carbocycles. The molecule has 0 bridgehead atoms. The maximum atomic E-state index is 5.82. The number of fused-ring (bicyclic) bond motifs is 1. The largest absolute Gasteiger partial charge is 0.486 e. The molecule has 4 rings (SSSR count). The summed E-state index contributed by atoms with van der Waals surface area (Å²) in [6, 6.07) is 6.41. The molecule has 2 aromatic rings. The maximum Gasteiger partial charge on any atom is 0.191 e. The van der Waals surface area contributed by atoms with Crippen molar-refractivity contribution in [1.29, 1.82) is 0 Å². The maximum absolute atomic E-state index is 5.82. The molecular formula is C22H30N4O3. The summed E-state index contributed by atoms with van der Waals surface area (Å²) in [6.07, 6.45) is 4.78. The van der Waals surface area contributed by atoms with Crippen molar-refractivity contribution in [2.24, 2.45) is 4.99 Å². The summed E-state index contributed by atoms with van der Waals surface area (Å²) >= 11 is 0. The molecule has 2 N–H and O–H groups in total. The van der Waals surface area contributed by atoms with Crippen LogP contribution in [0.5, 0.6) is 11.5 Å². The zero-order valence-corrected chi connectivity index (χ0v) is 17.5. The number of ether oxygens (including phenoxy) is 2. The van der Waals surface area contributed by atoms with Crippen molar-refractivity contribution >= 4 is 5.96 Å². The fourth-order valence-electron chi connectivity index (χ4n) is 4.39. The lowest BCUT2D eigenvalue weighted by Gasteiger charge is -2.32. The van der Waals surface area contributed by atoms with Crippen molar-refractivity contribution < 1.29 is 14.0 Å². The highest BCUT2D eigenvalue weighted by atomic mass is 16.6. The molecule has 0 atom stereocenters. The number of nitrogens with one attached hydrogen (secondary N) is 2. The van der Waals surface area contributed by atoms with Gasteiger partial charge >= 0.3 is 0 Å². The van der Waals surface area contributed by atoms with Crippen molar-refractivity contribution in [1.82, 2.24) is 15.8 Å². The first-order valence-electron chi connectivity index (χ1n) is 10.4. The molecule has 0 amide bonds. The Morgan fingerprint density at radius 3 is 2.55 bits per heavy atom. The van der Waals surface area contributed by atoms with Crippen LogP contribution in [0.25, 0.3) is 0 Å². The molecule has 1 aliphatic carbocycles. The summed E-state index contributed by atoms with van der Waals surface area (Å²) in [7, 11) is 1.80. The van der Waals surface area contributed by atoms with Crippen LogP contribution in [0.15, 0.2) is 27.7 Å². The first-order chi connectivity index (χ1) is 14.1. The van der Waals surface area contributed by atoms with Gasteiger partial charge in [0.15, 0.2) is 17.5 Å². The Morgan fingerprint density at radius 1 is 1.10 bits per heavy atom. The van der Waals surface area contributed by atoms with Crippen LogP contribution in [0.1, 0.15) is 48.3 Å². The SMILES string of the molecule is CN=C(NCc1c(C)noc1C)NCC1(c2ccc3c(c2)OCCO3)CCCC1. The number of aromatic nitrogens is 1. The lowest BCUT2D eigenvalue weighted by Crippen LogP contribution is -2.44. The van der Waals surface area contributed by atoms with Crippen LogP contribution in [-0.4, -0.2) is 37.9 Å². The van der Waals surface area contributed by atoms with Crippen molar-refractivity contribution in [2.45, 2.75) is 51.5 Å². The highest BCUT2D eigenvalue weighted by molar-refractivity contribution is 5.79. The molecule has 1 fully saturated rings. The summed E-state index contributed by atoms with van der Waals surface area (Å²) in [6.45, 7) is 6.58. The quantitative estimate of drug-likeness (QED) is 0.594. The van der Waals surface area contributed by atoms with Gasteiger partial charge in [0.2, 0.25) is 0 Å². The Kier molecular flexibility index (Phi) is 5.65. The van der Waals surface area contributed by atoms with E-state index in [-0.39, 0.29) is 5.41 Å². The van der Waals surface area contributed by atoms with E-state index in [1.54, 1.807) is 7.05 Å². The third kappa shape index (κ3) is 4.04. The van der Waals surface area contributed by atoms with Crippen LogP contribution >= 0.6 is 0 Å². The lowest BCUT2D eigenvalue weighted by atomic mass is 9.78. The van der Waals surface area contributed by atoms with Gasteiger partial charge in [0.05, 0.1) is 5.69 Å². The molecular weight excluding hydrogens is 368 g/mol. The van der Waals surface area contributed by atoms with E-state index in [2.05, 4.69) is 39.0 Å². The van der Waals surface area contributed by atoms with E-state index in [0.29, 0.717) is 19.8 Å². The smallest absolute Gasteiger partial charge is 0.191 e. The molecule has 1 aliphatic heterocycles. The second-order valence-electron chi connectivity index (χ2n) is 7.93. The van der Waals surface area contributed by atoms with Crippen LogP contribution in [-0.2, 0) is 12.0 Å². The predicted octanol–water partition coefficient (Wildman–Crippen LogP) is 3.24. The predicted molar refractivity (Wildman–Crippen MR) is 112 cm³/mol. The van der Waals surface area contributed by atoms with Crippen LogP contribution in [0, 0.1) is 13.8 Å². The number of nitrogens with zero attached hydrogens (tertiary/aromatic N) is 2. The molecule has 2 aliphatic rings. The van der Waals surface area contributed by atoms with Gasteiger partial charge in [-0.1, -0.05) is 24.1 Å². The number of rotatable bonds is 5. The van der Waals surface area contributed by atoms with Gasteiger partial charge in [-0.05, 0) is 44.4 Å². The van der Waals surface area contributed by atoms with Gasteiger partial charge in [-0.2, -0.15) is 0 Å². The zero-order chi connectivity index (χ0) is 20.3.